The highest BCUT2D eigenvalue weighted by atomic mass is 35.5. The highest BCUT2D eigenvalue weighted by Crippen LogP contribution is 2.32. The van der Waals surface area contributed by atoms with Gasteiger partial charge in [0.05, 0.1) is 6.61 Å². The summed E-state index contributed by atoms with van der Waals surface area (Å²) >= 11 is 5.93. The second-order valence-corrected chi connectivity index (χ2v) is 5.99. The number of hydrogen-bond donors (Lipinski definition) is 2. The van der Waals surface area contributed by atoms with E-state index < -0.39 is 12.0 Å². The van der Waals surface area contributed by atoms with Crippen LogP contribution in [0.1, 0.15) is 31.2 Å². The molecular formula is C16H20ClNO4. The van der Waals surface area contributed by atoms with Gasteiger partial charge in [0, 0.05) is 11.4 Å². The van der Waals surface area contributed by atoms with E-state index in [0.29, 0.717) is 23.8 Å². The third-order valence-corrected chi connectivity index (χ3v) is 4.05. The van der Waals surface area contributed by atoms with Crippen LogP contribution in [0, 0.1) is 12.8 Å². The van der Waals surface area contributed by atoms with Gasteiger partial charge in [-0.1, -0.05) is 11.6 Å². The number of carbonyl (C=O) groups is 2. The summed E-state index contributed by atoms with van der Waals surface area (Å²) in [7, 11) is 0. The molecule has 1 aliphatic rings. The van der Waals surface area contributed by atoms with Crippen molar-refractivity contribution in [3.8, 4) is 5.75 Å². The van der Waals surface area contributed by atoms with Crippen molar-refractivity contribution in [1.82, 2.24) is 5.32 Å². The Balaban J connectivity index is 1.68. The maximum atomic E-state index is 11.8. The molecule has 1 atom stereocenters. The smallest absolute Gasteiger partial charge is 0.326 e. The number of aliphatic carboxylic acids is 1. The minimum Gasteiger partial charge on any atom is -0.494 e. The molecule has 2 rings (SSSR count). The normalized spacial score (nSPS) is 15.2. The van der Waals surface area contributed by atoms with E-state index in [1.807, 2.05) is 13.0 Å². The van der Waals surface area contributed by atoms with E-state index in [9.17, 15) is 9.59 Å². The number of ether oxygens (including phenoxy) is 1. The molecule has 1 fully saturated rings. The third kappa shape index (κ3) is 4.91. The first-order chi connectivity index (χ1) is 10.5. The first-order valence-electron chi connectivity index (χ1n) is 7.38. The van der Waals surface area contributed by atoms with Crippen molar-refractivity contribution < 1.29 is 19.4 Å². The highest BCUT2D eigenvalue weighted by Gasteiger charge is 2.37. The van der Waals surface area contributed by atoms with Gasteiger partial charge >= 0.3 is 5.97 Å². The maximum absolute atomic E-state index is 11.8. The van der Waals surface area contributed by atoms with Crippen molar-refractivity contribution in [2.45, 2.75) is 38.6 Å². The number of amides is 1. The van der Waals surface area contributed by atoms with Crippen LogP contribution < -0.4 is 10.1 Å². The van der Waals surface area contributed by atoms with E-state index >= 15 is 0 Å². The minimum atomic E-state index is -0.955. The number of aryl methyl sites for hydroxylation is 1. The van der Waals surface area contributed by atoms with E-state index in [2.05, 4.69) is 5.32 Å². The van der Waals surface area contributed by atoms with Gasteiger partial charge in [-0.2, -0.15) is 0 Å². The first kappa shape index (κ1) is 16.6. The summed E-state index contributed by atoms with van der Waals surface area (Å²) in [5.74, 6) is -0.391. The summed E-state index contributed by atoms with van der Waals surface area (Å²) in [5, 5.41) is 12.3. The largest absolute Gasteiger partial charge is 0.494 e. The molecule has 0 radical (unpaired) electrons. The van der Waals surface area contributed by atoms with Gasteiger partial charge in [0.2, 0.25) is 5.91 Å². The quantitative estimate of drug-likeness (QED) is 0.721. The molecule has 1 saturated carbocycles. The highest BCUT2D eigenvalue weighted by molar-refractivity contribution is 6.31. The lowest BCUT2D eigenvalue weighted by Crippen LogP contribution is -2.42. The SMILES string of the molecule is Cc1cc(OCCCC(=O)NC(C(=O)O)C2CC2)ccc1Cl. The number of hydrogen-bond acceptors (Lipinski definition) is 3. The van der Waals surface area contributed by atoms with E-state index in [4.69, 9.17) is 21.4 Å². The summed E-state index contributed by atoms with van der Waals surface area (Å²) < 4.78 is 5.55. The summed E-state index contributed by atoms with van der Waals surface area (Å²) in [6.45, 7) is 2.29. The number of carboxylic acids is 1. The molecule has 0 aromatic heterocycles. The zero-order chi connectivity index (χ0) is 16.1. The second kappa shape index (κ2) is 7.49. The molecule has 1 aliphatic carbocycles. The van der Waals surface area contributed by atoms with Gasteiger partial charge in [-0.3, -0.25) is 4.79 Å². The van der Waals surface area contributed by atoms with Crippen molar-refractivity contribution in [2.24, 2.45) is 5.92 Å². The van der Waals surface area contributed by atoms with Gasteiger partial charge < -0.3 is 15.2 Å². The van der Waals surface area contributed by atoms with E-state index in [1.54, 1.807) is 12.1 Å². The molecule has 0 bridgehead atoms. The van der Waals surface area contributed by atoms with Crippen molar-refractivity contribution in [3.63, 3.8) is 0 Å². The van der Waals surface area contributed by atoms with Crippen LogP contribution in [0.3, 0.4) is 0 Å². The molecular weight excluding hydrogens is 306 g/mol. The van der Waals surface area contributed by atoms with Crippen LogP contribution in [0.25, 0.3) is 0 Å². The molecule has 2 N–H and O–H groups in total. The molecule has 22 heavy (non-hydrogen) atoms. The average molecular weight is 326 g/mol. The summed E-state index contributed by atoms with van der Waals surface area (Å²) in [4.78, 5) is 22.8. The van der Waals surface area contributed by atoms with Gasteiger partial charge in [-0.05, 0) is 55.9 Å². The van der Waals surface area contributed by atoms with Crippen LogP contribution in [-0.4, -0.2) is 29.6 Å². The van der Waals surface area contributed by atoms with Crippen LogP contribution in [0.2, 0.25) is 5.02 Å². The Morgan fingerprint density at radius 2 is 2.18 bits per heavy atom. The Morgan fingerprint density at radius 1 is 1.45 bits per heavy atom. The lowest BCUT2D eigenvalue weighted by Gasteiger charge is -2.13. The molecule has 1 aromatic rings. The van der Waals surface area contributed by atoms with Gasteiger partial charge in [0.15, 0.2) is 0 Å². The second-order valence-electron chi connectivity index (χ2n) is 5.58. The standard InChI is InChI=1S/C16H20ClNO4/c1-10-9-12(6-7-13(10)17)22-8-2-3-14(19)18-15(16(20)21)11-4-5-11/h6-7,9,11,15H,2-5,8H2,1H3,(H,18,19)(H,20,21). The van der Waals surface area contributed by atoms with Crippen LogP contribution in [-0.2, 0) is 9.59 Å². The average Bonchev–Trinajstić information content (AvgIpc) is 3.29. The zero-order valence-corrected chi connectivity index (χ0v) is 13.2. The van der Waals surface area contributed by atoms with Crippen LogP contribution in [0.5, 0.6) is 5.75 Å². The minimum absolute atomic E-state index is 0.0924. The molecule has 0 saturated heterocycles. The molecule has 0 aliphatic heterocycles. The third-order valence-electron chi connectivity index (χ3n) is 3.62. The van der Waals surface area contributed by atoms with Crippen molar-refractivity contribution in [1.29, 1.82) is 0 Å². The number of carbonyl (C=O) groups excluding carboxylic acids is 1. The monoisotopic (exact) mass is 325 g/mol. The topological polar surface area (TPSA) is 75.6 Å². The molecule has 1 aromatic carbocycles. The fourth-order valence-electron chi connectivity index (χ4n) is 2.19. The number of rotatable bonds is 8. The number of carboxylic acid groups (broad SMARTS) is 1. The van der Waals surface area contributed by atoms with E-state index in [-0.39, 0.29) is 18.2 Å². The molecule has 1 unspecified atom stereocenters. The number of benzene rings is 1. The molecule has 0 heterocycles. The first-order valence-corrected chi connectivity index (χ1v) is 7.76. The summed E-state index contributed by atoms with van der Waals surface area (Å²) in [6.07, 6.45) is 2.53. The zero-order valence-electron chi connectivity index (χ0n) is 12.5. The maximum Gasteiger partial charge on any atom is 0.326 e. The lowest BCUT2D eigenvalue weighted by molar-refractivity contribution is -0.142. The Hall–Kier alpha value is -1.75. The van der Waals surface area contributed by atoms with E-state index in [1.165, 1.54) is 0 Å². The van der Waals surface area contributed by atoms with Crippen LogP contribution >= 0.6 is 11.6 Å². The molecule has 6 heteroatoms. The van der Waals surface area contributed by atoms with Crippen LogP contribution in [0.4, 0.5) is 0 Å². The molecule has 120 valence electrons. The number of halogens is 1. The van der Waals surface area contributed by atoms with Crippen molar-refractivity contribution >= 4 is 23.5 Å². The predicted molar refractivity (Wildman–Crippen MR) is 83.2 cm³/mol. The Morgan fingerprint density at radius 3 is 2.77 bits per heavy atom. The Bertz CT molecular complexity index is 557. The summed E-state index contributed by atoms with van der Waals surface area (Å²) in [6, 6.07) is 4.65. The van der Waals surface area contributed by atoms with Crippen molar-refractivity contribution in [3.05, 3.63) is 28.8 Å². The Kier molecular flexibility index (Phi) is 5.66. The van der Waals surface area contributed by atoms with E-state index in [0.717, 1.165) is 18.4 Å². The lowest BCUT2D eigenvalue weighted by atomic mass is 10.2. The van der Waals surface area contributed by atoms with Gasteiger partial charge in [-0.25, -0.2) is 4.79 Å². The fourth-order valence-corrected chi connectivity index (χ4v) is 2.30. The van der Waals surface area contributed by atoms with Gasteiger partial charge in [-0.15, -0.1) is 0 Å². The van der Waals surface area contributed by atoms with Gasteiger partial charge in [0.1, 0.15) is 11.8 Å². The molecule has 5 nitrogen and oxygen atoms in total. The molecule has 0 spiro atoms. The van der Waals surface area contributed by atoms with Gasteiger partial charge in [0.25, 0.3) is 0 Å². The summed E-state index contributed by atoms with van der Waals surface area (Å²) in [5.41, 5.74) is 0.936. The van der Waals surface area contributed by atoms with Crippen molar-refractivity contribution in [2.75, 3.05) is 6.61 Å². The fraction of sp³-hybridized carbons (Fsp3) is 0.500. The number of nitrogens with one attached hydrogen (secondary N) is 1. The predicted octanol–water partition coefficient (Wildman–Crippen LogP) is 2.79. The Labute approximate surface area is 134 Å². The molecule has 1 amide bonds. The van der Waals surface area contributed by atoms with Crippen LogP contribution in [0.15, 0.2) is 18.2 Å².